The Balaban J connectivity index is 1.50. The summed E-state index contributed by atoms with van der Waals surface area (Å²) in [6.07, 6.45) is -0.335. The van der Waals surface area contributed by atoms with Gasteiger partial charge in [-0.15, -0.1) is 11.3 Å². The molecule has 0 bridgehead atoms. The number of amides is 2. The maximum atomic E-state index is 12.4. The second kappa shape index (κ2) is 8.95. The molecule has 2 N–H and O–H groups in total. The fraction of sp³-hybridized carbons (Fsp3) is 0.350. The molecule has 1 aliphatic heterocycles. The predicted molar refractivity (Wildman–Crippen MR) is 108 cm³/mol. The first-order chi connectivity index (χ1) is 13.8. The molecule has 0 spiro atoms. The summed E-state index contributed by atoms with van der Waals surface area (Å²) in [5.74, 6) is -0.101. The van der Waals surface area contributed by atoms with Crippen LogP contribution in [0.3, 0.4) is 0 Å². The zero-order chi connectivity index (χ0) is 21.0. The molecule has 1 atom stereocenters. The highest BCUT2D eigenvalue weighted by atomic mass is 32.1. The molecule has 2 aromatic rings. The van der Waals surface area contributed by atoms with Gasteiger partial charge < -0.3 is 24.8 Å². The van der Waals surface area contributed by atoms with Crippen LogP contribution < -0.4 is 20.1 Å². The summed E-state index contributed by atoms with van der Waals surface area (Å²) in [5, 5.41) is 5.72. The van der Waals surface area contributed by atoms with Gasteiger partial charge in [-0.05, 0) is 31.5 Å². The maximum Gasteiger partial charge on any atom is 0.341 e. The fourth-order valence-corrected chi connectivity index (χ4v) is 3.86. The van der Waals surface area contributed by atoms with Crippen molar-refractivity contribution in [2.24, 2.45) is 0 Å². The lowest BCUT2D eigenvalue weighted by atomic mass is 10.1. The standard InChI is InChI=1S/C20H22N2O6S/c1-11-12(2)29-19(22-13(3)23)18(11)20(25)27-10-17(24)21-8-14-9-26-15-6-4-5-7-16(15)28-14/h4-7,14H,8-10H2,1-3H3,(H,21,24)(H,22,23)/t14-/m1/s1. The quantitative estimate of drug-likeness (QED) is 0.699. The molecule has 1 aliphatic rings. The van der Waals surface area contributed by atoms with Gasteiger partial charge >= 0.3 is 5.97 Å². The first-order valence-corrected chi connectivity index (χ1v) is 9.86. The average molecular weight is 418 g/mol. The molecule has 29 heavy (non-hydrogen) atoms. The Labute approximate surface area is 172 Å². The number of carbonyl (C=O) groups is 3. The molecule has 3 rings (SSSR count). The minimum atomic E-state index is -0.656. The number of benzene rings is 1. The summed E-state index contributed by atoms with van der Waals surface area (Å²) in [6.45, 7) is 5.08. The minimum Gasteiger partial charge on any atom is -0.486 e. The largest absolute Gasteiger partial charge is 0.486 e. The molecule has 8 nitrogen and oxygen atoms in total. The first-order valence-electron chi connectivity index (χ1n) is 9.05. The molecule has 1 aromatic carbocycles. The van der Waals surface area contributed by atoms with Crippen LogP contribution >= 0.6 is 11.3 Å². The van der Waals surface area contributed by atoms with Crippen LogP contribution in [0.2, 0.25) is 0 Å². The van der Waals surface area contributed by atoms with E-state index in [-0.39, 0.29) is 24.1 Å². The number of thiophene rings is 1. The summed E-state index contributed by atoms with van der Waals surface area (Å²) in [7, 11) is 0. The first kappa shape index (κ1) is 20.7. The van der Waals surface area contributed by atoms with Crippen molar-refractivity contribution >= 4 is 34.1 Å². The highest BCUT2D eigenvalue weighted by Gasteiger charge is 2.24. The van der Waals surface area contributed by atoms with Gasteiger partial charge in [0.05, 0.1) is 12.1 Å². The number of ether oxygens (including phenoxy) is 3. The van der Waals surface area contributed by atoms with Crippen molar-refractivity contribution in [1.82, 2.24) is 5.32 Å². The molecule has 154 valence electrons. The van der Waals surface area contributed by atoms with Gasteiger partial charge in [-0.25, -0.2) is 4.79 Å². The molecule has 9 heteroatoms. The lowest BCUT2D eigenvalue weighted by Gasteiger charge is -2.26. The van der Waals surface area contributed by atoms with E-state index in [1.807, 2.05) is 25.1 Å². The molecule has 2 heterocycles. The van der Waals surface area contributed by atoms with Crippen molar-refractivity contribution in [3.8, 4) is 11.5 Å². The van der Waals surface area contributed by atoms with Crippen LogP contribution in [0.25, 0.3) is 0 Å². The molecule has 0 saturated carbocycles. The maximum absolute atomic E-state index is 12.4. The molecular formula is C20H22N2O6S. The van der Waals surface area contributed by atoms with E-state index in [0.717, 1.165) is 10.4 Å². The number of rotatable bonds is 6. The van der Waals surface area contributed by atoms with E-state index in [2.05, 4.69) is 10.6 Å². The van der Waals surface area contributed by atoms with Crippen LogP contribution in [0.15, 0.2) is 24.3 Å². The number of nitrogens with one attached hydrogen (secondary N) is 2. The van der Waals surface area contributed by atoms with Crippen molar-refractivity contribution in [3.63, 3.8) is 0 Å². The van der Waals surface area contributed by atoms with Gasteiger partial charge in [-0.3, -0.25) is 9.59 Å². The zero-order valence-corrected chi connectivity index (χ0v) is 17.2. The van der Waals surface area contributed by atoms with E-state index in [4.69, 9.17) is 14.2 Å². The van der Waals surface area contributed by atoms with Crippen LogP contribution in [0.5, 0.6) is 11.5 Å². The van der Waals surface area contributed by atoms with Crippen molar-refractivity contribution in [1.29, 1.82) is 0 Å². The Hall–Kier alpha value is -3.07. The second-order valence-electron chi connectivity index (χ2n) is 6.55. The highest BCUT2D eigenvalue weighted by molar-refractivity contribution is 7.16. The summed E-state index contributed by atoms with van der Waals surface area (Å²) < 4.78 is 16.5. The van der Waals surface area contributed by atoms with Crippen LogP contribution in [0.1, 0.15) is 27.7 Å². The van der Waals surface area contributed by atoms with Crippen molar-refractivity contribution in [2.75, 3.05) is 25.1 Å². The van der Waals surface area contributed by atoms with Crippen LogP contribution in [0, 0.1) is 13.8 Å². The molecule has 2 amide bonds. The third kappa shape index (κ3) is 5.05. The van der Waals surface area contributed by atoms with Gasteiger partial charge in [0.15, 0.2) is 18.1 Å². The molecule has 0 fully saturated rings. The summed E-state index contributed by atoms with van der Waals surface area (Å²) in [5.41, 5.74) is 0.992. The number of hydrogen-bond donors (Lipinski definition) is 2. The lowest BCUT2D eigenvalue weighted by Crippen LogP contribution is -2.42. The Morgan fingerprint density at radius 1 is 1.21 bits per heavy atom. The number of esters is 1. The van der Waals surface area contributed by atoms with Gasteiger partial charge in [0.1, 0.15) is 17.7 Å². The number of fused-ring (bicyclic) bond motifs is 1. The molecule has 0 unspecified atom stereocenters. The van der Waals surface area contributed by atoms with Crippen LogP contribution in [-0.4, -0.2) is 43.6 Å². The predicted octanol–water partition coefficient (Wildman–Crippen LogP) is 2.44. The third-order valence-electron chi connectivity index (χ3n) is 4.31. The number of para-hydroxylation sites is 2. The average Bonchev–Trinajstić information content (AvgIpc) is 2.97. The van der Waals surface area contributed by atoms with Crippen LogP contribution in [0.4, 0.5) is 5.00 Å². The van der Waals surface area contributed by atoms with Crippen molar-refractivity contribution < 1.29 is 28.6 Å². The van der Waals surface area contributed by atoms with E-state index in [0.29, 0.717) is 23.1 Å². The monoisotopic (exact) mass is 418 g/mol. The van der Waals surface area contributed by atoms with Gasteiger partial charge in [-0.1, -0.05) is 12.1 Å². The fourth-order valence-electron chi connectivity index (χ4n) is 2.77. The smallest absolute Gasteiger partial charge is 0.341 e. The Morgan fingerprint density at radius 3 is 2.66 bits per heavy atom. The molecule has 1 aromatic heterocycles. The van der Waals surface area contributed by atoms with E-state index >= 15 is 0 Å². The third-order valence-corrected chi connectivity index (χ3v) is 5.43. The number of carbonyl (C=O) groups excluding carboxylic acids is 3. The van der Waals surface area contributed by atoms with Crippen LogP contribution in [-0.2, 0) is 14.3 Å². The number of anilines is 1. The lowest BCUT2D eigenvalue weighted by molar-refractivity contribution is -0.124. The van der Waals surface area contributed by atoms with Crippen molar-refractivity contribution in [2.45, 2.75) is 26.9 Å². The van der Waals surface area contributed by atoms with Crippen molar-refractivity contribution in [3.05, 3.63) is 40.3 Å². The van der Waals surface area contributed by atoms with E-state index in [1.54, 1.807) is 13.0 Å². The molecule has 0 aliphatic carbocycles. The Kier molecular flexibility index (Phi) is 6.38. The topological polar surface area (TPSA) is 103 Å². The summed E-state index contributed by atoms with van der Waals surface area (Å²) in [4.78, 5) is 36.7. The highest BCUT2D eigenvalue weighted by Crippen LogP contribution is 2.33. The summed E-state index contributed by atoms with van der Waals surface area (Å²) in [6, 6.07) is 7.30. The minimum absolute atomic E-state index is 0.221. The Morgan fingerprint density at radius 2 is 1.93 bits per heavy atom. The molecule has 0 saturated heterocycles. The van der Waals surface area contributed by atoms with E-state index < -0.39 is 18.5 Å². The molecule has 0 radical (unpaired) electrons. The van der Waals surface area contributed by atoms with Gasteiger partial charge in [0.2, 0.25) is 5.91 Å². The zero-order valence-electron chi connectivity index (χ0n) is 16.4. The SMILES string of the molecule is CC(=O)Nc1sc(C)c(C)c1C(=O)OCC(=O)NC[C@@H]1COc2ccccc2O1. The molecular weight excluding hydrogens is 396 g/mol. The Bertz CT molecular complexity index is 939. The van der Waals surface area contributed by atoms with Gasteiger partial charge in [0.25, 0.3) is 5.91 Å². The summed E-state index contributed by atoms with van der Waals surface area (Å²) >= 11 is 1.29. The van der Waals surface area contributed by atoms with Gasteiger partial charge in [0, 0.05) is 11.8 Å². The van der Waals surface area contributed by atoms with E-state index in [1.165, 1.54) is 18.3 Å². The normalized spacial score (nSPS) is 14.8. The number of aryl methyl sites for hydroxylation is 1. The second-order valence-corrected chi connectivity index (χ2v) is 7.77. The van der Waals surface area contributed by atoms with Gasteiger partial charge in [-0.2, -0.15) is 0 Å². The number of hydrogen-bond acceptors (Lipinski definition) is 7. The van der Waals surface area contributed by atoms with E-state index in [9.17, 15) is 14.4 Å².